The highest BCUT2D eigenvalue weighted by molar-refractivity contribution is 5.99. The van der Waals surface area contributed by atoms with Gasteiger partial charge in [-0.15, -0.1) is 0 Å². The molecule has 1 aliphatic heterocycles. The number of carboxylic acids is 1. The SMILES string of the molecule is O=C(N[C@@H](Cc1ccccc1)C(=O)C[C@@H](O)C(=O)N1CCC[C@H]1C(=O)O)c1ccccc1. The van der Waals surface area contributed by atoms with E-state index in [4.69, 9.17) is 0 Å². The quantitative estimate of drug-likeness (QED) is 0.544. The fraction of sp³-hybridized carbons (Fsp3) is 0.333. The molecule has 2 aromatic carbocycles. The smallest absolute Gasteiger partial charge is 0.326 e. The third-order valence-corrected chi connectivity index (χ3v) is 5.51. The van der Waals surface area contributed by atoms with Gasteiger partial charge in [-0.3, -0.25) is 14.4 Å². The molecule has 0 aromatic heterocycles. The van der Waals surface area contributed by atoms with E-state index < -0.39 is 48.2 Å². The number of likely N-dealkylation sites (tertiary alicyclic amines) is 1. The normalized spacial score (nSPS) is 17.4. The molecule has 1 aliphatic rings. The number of aliphatic hydroxyl groups is 1. The van der Waals surface area contributed by atoms with Crippen molar-refractivity contribution in [3.8, 4) is 0 Å². The van der Waals surface area contributed by atoms with Crippen LogP contribution in [0.3, 0.4) is 0 Å². The summed E-state index contributed by atoms with van der Waals surface area (Å²) in [5, 5.41) is 22.4. The van der Waals surface area contributed by atoms with Crippen molar-refractivity contribution in [3.05, 3.63) is 71.8 Å². The monoisotopic (exact) mass is 438 g/mol. The van der Waals surface area contributed by atoms with Gasteiger partial charge < -0.3 is 20.4 Å². The molecule has 2 amide bonds. The van der Waals surface area contributed by atoms with Gasteiger partial charge in [0, 0.05) is 18.5 Å². The van der Waals surface area contributed by atoms with Crippen LogP contribution in [0, 0.1) is 0 Å². The maximum Gasteiger partial charge on any atom is 0.326 e. The fourth-order valence-electron chi connectivity index (χ4n) is 3.83. The van der Waals surface area contributed by atoms with Crippen molar-refractivity contribution in [2.75, 3.05) is 6.54 Å². The van der Waals surface area contributed by atoms with Gasteiger partial charge in [0.25, 0.3) is 11.8 Å². The van der Waals surface area contributed by atoms with Crippen molar-refractivity contribution in [1.29, 1.82) is 0 Å². The fourth-order valence-corrected chi connectivity index (χ4v) is 3.83. The Hall–Kier alpha value is -3.52. The van der Waals surface area contributed by atoms with Crippen molar-refractivity contribution in [1.82, 2.24) is 10.2 Å². The van der Waals surface area contributed by atoms with E-state index in [9.17, 15) is 29.4 Å². The second-order valence-corrected chi connectivity index (χ2v) is 7.80. The summed E-state index contributed by atoms with van der Waals surface area (Å²) >= 11 is 0. The average Bonchev–Trinajstić information content (AvgIpc) is 3.29. The van der Waals surface area contributed by atoms with Crippen LogP contribution in [0.4, 0.5) is 0 Å². The molecule has 3 N–H and O–H groups in total. The van der Waals surface area contributed by atoms with Crippen LogP contribution in [-0.2, 0) is 20.8 Å². The zero-order chi connectivity index (χ0) is 23.1. The summed E-state index contributed by atoms with van der Waals surface area (Å²) in [5.41, 5.74) is 1.20. The van der Waals surface area contributed by atoms with Crippen molar-refractivity contribution in [2.24, 2.45) is 0 Å². The lowest BCUT2D eigenvalue weighted by Crippen LogP contribution is -2.48. The second-order valence-electron chi connectivity index (χ2n) is 7.80. The van der Waals surface area contributed by atoms with E-state index >= 15 is 0 Å². The topological polar surface area (TPSA) is 124 Å². The molecular formula is C24H26N2O6. The van der Waals surface area contributed by atoms with E-state index in [1.165, 1.54) is 0 Å². The number of rotatable bonds is 9. The minimum atomic E-state index is -1.67. The number of nitrogens with zero attached hydrogens (tertiary/aromatic N) is 1. The third-order valence-electron chi connectivity index (χ3n) is 5.51. The highest BCUT2D eigenvalue weighted by atomic mass is 16.4. The van der Waals surface area contributed by atoms with Gasteiger partial charge in [-0.05, 0) is 37.0 Å². The Morgan fingerprint density at radius 1 is 1.00 bits per heavy atom. The van der Waals surface area contributed by atoms with Crippen LogP contribution in [0.25, 0.3) is 0 Å². The third kappa shape index (κ3) is 5.79. The first-order valence-electron chi connectivity index (χ1n) is 10.5. The van der Waals surface area contributed by atoms with Crippen molar-refractivity contribution in [3.63, 3.8) is 0 Å². The highest BCUT2D eigenvalue weighted by Crippen LogP contribution is 2.19. The number of hydrogen-bond donors (Lipinski definition) is 3. The van der Waals surface area contributed by atoms with Crippen LogP contribution in [0.15, 0.2) is 60.7 Å². The van der Waals surface area contributed by atoms with Gasteiger partial charge in [-0.25, -0.2) is 4.79 Å². The molecule has 8 heteroatoms. The largest absolute Gasteiger partial charge is 0.480 e. The molecule has 0 unspecified atom stereocenters. The van der Waals surface area contributed by atoms with Crippen LogP contribution < -0.4 is 5.32 Å². The highest BCUT2D eigenvalue weighted by Gasteiger charge is 2.37. The molecule has 0 spiro atoms. The molecule has 3 rings (SSSR count). The Labute approximate surface area is 185 Å². The summed E-state index contributed by atoms with van der Waals surface area (Å²) < 4.78 is 0. The first-order valence-corrected chi connectivity index (χ1v) is 10.5. The van der Waals surface area contributed by atoms with Gasteiger partial charge in [-0.2, -0.15) is 0 Å². The Bertz CT molecular complexity index is 963. The number of carboxylic acid groups (broad SMARTS) is 1. The van der Waals surface area contributed by atoms with Crippen LogP contribution >= 0.6 is 0 Å². The molecule has 3 atom stereocenters. The number of benzene rings is 2. The molecule has 1 saturated heterocycles. The summed E-state index contributed by atoms with van der Waals surface area (Å²) in [4.78, 5) is 50.7. The number of hydrogen-bond acceptors (Lipinski definition) is 5. The lowest BCUT2D eigenvalue weighted by Gasteiger charge is -2.25. The molecule has 0 saturated carbocycles. The first-order chi connectivity index (χ1) is 15.4. The molecule has 0 aliphatic carbocycles. The van der Waals surface area contributed by atoms with Crippen LogP contribution in [0.5, 0.6) is 0 Å². The molecule has 32 heavy (non-hydrogen) atoms. The number of nitrogens with one attached hydrogen (secondary N) is 1. The van der Waals surface area contributed by atoms with Crippen LogP contribution in [-0.4, -0.2) is 63.4 Å². The summed E-state index contributed by atoms with van der Waals surface area (Å²) in [6.07, 6.45) is -1.16. The van der Waals surface area contributed by atoms with Gasteiger partial charge in [0.05, 0.1) is 6.04 Å². The first kappa shape index (κ1) is 23.1. The Morgan fingerprint density at radius 2 is 1.62 bits per heavy atom. The average molecular weight is 438 g/mol. The van der Waals surface area contributed by atoms with Crippen LogP contribution in [0.2, 0.25) is 0 Å². The lowest BCUT2D eigenvalue weighted by molar-refractivity contribution is -0.152. The maximum atomic E-state index is 13.0. The van der Waals surface area contributed by atoms with E-state index in [0.717, 1.165) is 10.5 Å². The summed E-state index contributed by atoms with van der Waals surface area (Å²) in [6, 6.07) is 15.6. The zero-order valence-corrected chi connectivity index (χ0v) is 17.5. The zero-order valence-electron chi connectivity index (χ0n) is 17.5. The van der Waals surface area contributed by atoms with E-state index in [0.29, 0.717) is 18.4 Å². The Balaban J connectivity index is 1.71. The predicted octanol–water partition coefficient (Wildman–Crippen LogP) is 1.42. The number of Topliss-reactive ketones (excluding diaryl/α,β-unsaturated/α-hetero) is 1. The number of amides is 2. The van der Waals surface area contributed by atoms with Crippen molar-refractivity contribution in [2.45, 2.75) is 43.9 Å². The molecule has 1 fully saturated rings. The summed E-state index contributed by atoms with van der Waals surface area (Å²) in [7, 11) is 0. The van der Waals surface area contributed by atoms with Crippen molar-refractivity contribution < 1.29 is 29.4 Å². The lowest BCUT2D eigenvalue weighted by atomic mass is 9.97. The number of aliphatic carboxylic acids is 1. The van der Waals surface area contributed by atoms with E-state index in [1.807, 2.05) is 30.3 Å². The van der Waals surface area contributed by atoms with E-state index in [2.05, 4.69) is 5.32 Å². The Kier molecular flexibility index (Phi) is 7.72. The number of carbonyl (C=O) groups excluding carboxylic acids is 3. The van der Waals surface area contributed by atoms with Crippen LogP contribution in [0.1, 0.15) is 35.2 Å². The Morgan fingerprint density at radius 3 is 2.25 bits per heavy atom. The maximum absolute atomic E-state index is 13.0. The second kappa shape index (κ2) is 10.7. The van der Waals surface area contributed by atoms with Crippen molar-refractivity contribution >= 4 is 23.6 Å². The van der Waals surface area contributed by atoms with Gasteiger partial charge in [0.15, 0.2) is 5.78 Å². The molecule has 2 aromatic rings. The van der Waals surface area contributed by atoms with Gasteiger partial charge in [-0.1, -0.05) is 48.5 Å². The minimum absolute atomic E-state index is 0.195. The molecule has 0 radical (unpaired) electrons. The van der Waals surface area contributed by atoms with E-state index in [-0.39, 0.29) is 13.0 Å². The molecular weight excluding hydrogens is 412 g/mol. The molecule has 0 bridgehead atoms. The number of carbonyl (C=O) groups is 4. The predicted molar refractivity (Wildman–Crippen MR) is 116 cm³/mol. The molecule has 168 valence electrons. The van der Waals surface area contributed by atoms with E-state index in [1.54, 1.807) is 30.3 Å². The molecule has 8 nitrogen and oxygen atoms in total. The van der Waals surface area contributed by atoms with Gasteiger partial charge >= 0.3 is 5.97 Å². The summed E-state index contributed by atoms with van der Waals surface area (Å²) in [6.45, 7) is 0.221. The molecule has 1 heterocycles. The minimum Gasteiger partial charge on any atom is -0.480 e. The summed E-state index contributed by atoms with van der Waals surface area (Å²) in [5.74, 6) is -2.86. The number of aliphatic hydroxyl groups excluding tert-OH is 1. The van der Waals surface area contributed by atoms with Gasteiger partial charge in [0.2, 0.25) is 0 Å². The number of ketones is 1. The standard InChI is InChI=1S/C24H26N2O6/c27-20(15-21(28)23(30)26-13-7-12-19(26)24(31)32)18(14-16-8-3-1-4-9-16)25-22(29)17-10-5-2-6-11-17/h1-6,8-11,18-19,21,28H,7,12-15H2,(H,25,29)(H,31,32)/t18-,19-,21+/m0/s1. The van der Waals surface area contributed by atoms with Gasteiger partial charge in [0.1, 0.15) is 12.1 Å².